The zero-order chi connectivity index (χ0) is 21.4. The molecule has 29 heavy (non-hydrogen) atoms. The Bertz CT molecular complexity index is 744. The number of ether oxygens (including phenoxy) is 1. The molecule has 2 aromatic carbocycles. The number of benzene rings is 2. The first kappa shape index (κ1) is 23.2. The zero-order valence-electron chi connectivity index (χ0n) is 18.9. The maximum atomic E-state index is 11.8. The fourth-order valence-electron chi connectivity index (χ4n) is 3.82. The minimum absolute atomic E-state index is 0.103. The molecule has 0 aliphatic heterocycles. The number of hydrogen-bond acceptors (Lipinski definition) is 3. The van der Waals surface area contributed by atoms with Gasteiger partial charge < -0.3 is 4.74 Å². The van der Waals surface area contributed by atoms with Crippen LogP contribution in [0.4, 0.5) is 0 Å². The monoisotopic (exact) mass is 395 g/mol. The van der Waals surface area contributed by atoms with Crippen molar-refractivity contribution in [3.8, 4) is 0 Å². The molecule has 0 fully saturated rings. The summed E-state index contributed by atoms with van der Waals surface area (Å²) in [6.45, 7) is 14.2. The van der Waals surface area contributed by atoms with Crippen LogP contribution in [0.3, 0.4) is 0 Å². The van der Waals surface area contributed by atoms with Gasteiger partial charge in [-0.2, -0.15) is 0 Å². The predicted molar refractivity (Wildman–Crippen MR) is 121 cm³/mol. The standard InChI is InChI=1S/C26H37NO2/c1-19(2)26(28)29-18-22-11-10-14-24(17-22)25(23-12-8-7-9-13-23)15-16-27(20(3)4)21(5)6/h7-14,17,19-21,25H,15-16,18H2,1-6H3. The Labute approximate surface area is 177 Å². The van der Waals surface area contributed by atoms with Gasteiger partial charge in [-0.1, -0.05) is 68.4 Å². The number of esters is 1. The van der Waals surface area contributed by atoms with E-state index < -0.39 is 0 Å². The van der Waals surface area contributed by atoms with Gasteiger partial charge in [-0.15, -0.1) is 0 Å². The first-order valence-corrected chi connectivity index (χ1v) is 10.9. The van der Waals surface area contributed by atoms with Gasteiger partial charge in [0, 0.05) is 18.0 Å². The molecule has 0 aliphatic rings. The van der Waals surface area contributed by atoms with Gasteiger partial charge in [-0.05, 0) is 57.4 Å². The molecule has 3 nitrogen and oxygen atoms in total. The van der Waals surface area contributed by atoms with E-state index in [-0.39, 0.29) is 11.9 Å². The lowest BCUT2D eigenvalue weighted by molar-refractivity contribution is -0.148. The SMILES string of the molecule is CC(C)C(=O)OCc1cccc(C(CCN(C(C)C)C(C)C)c2ccccc2)c1. The summed E-state index contributed by atoms with van der Waals surface area (Å²) in [5.41, 5.74) is 3.65. The molecule has 0 radical (unpaired) electrons. The molecule has 2 rings (SSSR count). The number of nitrogens with zero attached hydrogens (tertiary/aromatic N) is 1. The normalized spacial score (nSPS) is 12.8. The van der Waals surface area contributed by atoms with E-state index in [1.165, 1.54) is 11.1 Å². The number of carbonyl (C=O) groups is 1. The Hall–Kier alpha value is -2.13. The average Bonchev–Trinajstić information content (AvgIpc) is 2.69. The highest BCUT2D eigenvalue weighted by Gasteiger charge is 2.19. The summed E-state index contributed by atoms with van der Waals surface area (Å²) in [7, 11) is 0. The smallest absolute Gasteiger partial charge is 0.308 e. The molecule has 1 unspecified atom stereocenters. The van der Waals surface area contributed by atoms with Gasteiger partial charge in [0.05, 0.1) is 5.92 Å². The van der Waals surface area contributed by atoms with Crippen LogP contribution >= 0.6 is 0 Å². The van der Waals surface area contributed by atoms with Crippen LogP contribution in [0.5, 0.6) is 0 Å². The van der Waals surface area contributed by atoms with Crippen molar-refractivity contribution in [3.63, 3.8) is 0 Å². The van der Waals surface area contributed by atoms with E-state index in [0.717, 1.165) is 18.5 Å². The molecule has 158 valence electrons. The molecule has 0 amide bonds. The van der Waals surface area contributed by atoms with Crippen molar-refractivity contribution in [2.24, 2.45) is 5.92 Å². The second-order valence-corrected chi connectivity index (χ2v) is 8.68. The second kappa shape index (κ2) is 11.2. The van der Waals surface area contributed by atoms with E-state index in [0.29, 0.717) is 24.6 Å². The summed E-state index contributed by atoms with van der Waals surface area (Å²) >= 11 is 0. The summed E-state index contributed by atoms with van der Waals surface area (Å²) in [6.07, 6.45) is 1.05. The number of hydrogen-bond donors (Lipinski definition) is 0. The predicted octanol–water partition coefficient (Wildman–Crippen LogP) is 6.03. The van der Waals surface area contributed by atoms with E-state index in [9.17, 15) is 4.79 Å². The lowest BCUT2D eigenvalue weighted by Crippen LogP contribution is -2.38. The molecular formula is C26H37NO2. The molecule has 0 saturated carbocycles. The third kappa shape index (κ3) is 7.01. The molecule has 2 aromatic rings. The third-order valence-corrected chi connectivity index (χ3v) is 5.41. The summed E-state index contributed by atoms with van der Waals surface area (Å²) in [4.78, 5) is 14.4. The summed E-state index contributed by atoms with van der Waals surface area (Å²) < 4.78 is 5.44. The van der Waals surface area contributed by atoms with Gasteiger partial charge in [0.25, 0.3) is 0 Å². The Morgan fingerprint density at radius 2 is 1.48 bits per heavy atom. The zero-order valence-corrected chi connectivity index (χ0v) is 18.9. The van der Waals surface area contributed by atoms with Gasteiger partial charge >= 0.3 is 5.97 Å². The molecular weight excluding hydrogens is 358 g/mol. The minimum Gasteiger partial charge on any atom is -0.461 e. The number of carbonyl (C=O) groups excluding carboxylic acids is 1. The highest BCUT2D eigenvalue weighted by Crippen LogP contribution is 2.29. The molecule has 0 N–H and O–H groups in total. The summed E-state index contributed by atoms with van der Waals surface area (Å²) in [5.74, 6) is 0.0600. The van der Waals surface area contributed by atoms with Crippen LogP contribution in [0.2, 0.25) is 0 Å². The van der Waals surface area contributed by atoms with Crippen LogP contribution < -0.4 is 0 Å². The lowest BCUT2D eigenvalue weighted by Gasteiger charge is -2.32. The first-order chi connectivity index (χ1) is 13.8. The molecule has 1 atom stereocenters. The fourth-order valence-corrected chi connectivity index (χ4v) is 3.82. The molecule has 0 aromatic heterocycles. The van der Waals surface area contributed by atoms with Crippen LogP contribution in [-0.4, -0.2) is 29.5 Å². The average molecular weight is 396 g/mol. The Morgan fingerprint density at radius 3 is 2.07 bits per heavy atom. The van der Waals surface area contributed by atoms with Crippen molar-refractivity contribution in [3.05, 3.63) is 71.3 Å². The molecule has 3 heteroatoms. The lowest BCUT2D eigenvalue weighted by atomic mass is 9.87. The van der Waals surface area contributed by atoms with Gasteiger partial charge in [0.2, 0.25) is 0 Å². The highest BCUT2D eigenvalue weighted by atomic mass is 16.5. The van der Waals surface area contributed by atoms with Crippen molar-refractivity contribution < 1.29 is 9.53 Å². The van der Waals surface area contributed by atoms with E-state index in [1.807, 2.05) is 19.9 Å². The van der Waals surface area contributed by atoms with E-state index in [4.69, 9.17) is 4.74 Å². The Morgan fingerprint density at radius 1 is 0.862 bits per heavy atom. The largest absolute Gasteiger partial charge is 0.461 e. The summed E-state index contributed by atoms with van der Waals surface area (Å²) in [5, 5.41) is 0. The van der Waals surface area contributed by atoms with Crippen molar-refractivity contribution in [1.82, 2.24) is 4.90 Å². The van der Waals surface area contributed by atoms with E-state index >= 15 is 0 Å². The van der Waals surface area contributed by atoms with Crippen LogP contribution in [0.1, 0.15) is 70.6 Å². The Kier molecular flexibility index (Phi) is 8.91. The molecule has 0 bridgehead atoms. The van der Waals surface area contributed by atoms with Crippen LogP contribution in [-0.2, 0) is 16.1 Å². The minimum atomic E-state index is -0.153. The van der Waals surface area contributed by atoms with Crippen molar-refractivity contribution in [2.75, 3.05) is 6.54 Å². The maximum absolute atomic E-state index is 11.8. The van der Waals surface area contributed by atoms with Gasteiger partial charge in [-0.25, -0.2) is 0 Å². The highest BCUT2D eigenvalue weighted by molar-refractivity contribution is 5.71. The molecule has 0 aliphatic carbocycles. The van der Waals surface area contributed by atoms with E-state index in [2.05, 4.69) is 81.1 Å². The quantitative estimate of drug-likeness (QED) is 0.460. The van der Waals surface area contributed by atoms with Crippen LogP contribution in [0.15, 0.2) is 54.6 Å². The Balaban J connectivity index is 2.23. The fraction of sp³-hybridized carbons (Fsp3) is 0.500. The van der Waals surface area contributed by atoms with Crippen molar-refractivity contribution >= 4 is 5.97 Å². The van der Waals surface area contributed by atoms with Crippen LogP contribution in [0, 0.1) is 5.92 Å². The van der Waals surface area contributed by atoms with Gasteiger partial charge in [0.15, 0.2) is 0 Å². The summed E-state index contributed by atoms with van der Waals surface area (Å²) in [6, 6.07) is 20.3. The van der Waals surface area contributed by atoms with Crippen molar-refractivity contribution in [1.29, 1.82) is 0 Å². The van der Waals surface area contributed by atoms with Gasteiger partial charge in [0.1, 0.15) is 6.61 Å². The molecule has 0 saturated heterocycles. The molecule has 0 spiro atoms. The van der Waals surface area contributed by atoms with Crippen LogP contribution in [0.25, 0.3) is 0 Å². The topological polar surface area (TPSA) is 29.5 Å². The first-order valence-electron chi connectivity index (χ1n) is 10.9. The second-order valence-electron chi connectivity index (χ2n) is 8.68. The maximum Gasteiger partial charge on any atom is 0.308 e. The van der Waals surface area contributed by atoms with Crippen molar-refractivity contribution in [2.45, 2.75) is 72.6 Å². The van der Waals surface area contributed by atoms with Gasteiger partial charge in [-0.3, -0.25) is 9.69 Å². The van der Waals surface area contributed by atoms with E-state index in [1.54, 1.807) is 0 Å². The molecule has 0 heterocycles. The third-order valence-electron chi connectivity index (χ3n) is 5.41. The number of rotatable bonds is 10.